The van der Waals surface area contributed by atoms with E-state index < -0.39 is 11.9 Å². The molecular weight excluding hydrogens is 386 g/mol. The predicted octanol–water partition coefficient (Wildman–Crippen LogP) is 2.83. The van der Waals surface area contributed by atoms with Gasteiger partial charge in [0, 0.05) is 18.9 Å². The molecule has 1 amide bonds. The van der Waals surface area contributed by atoms with Gasteiger partial charge in [-0.15, -0.1) is 0 Å². The van der Waals surface area contributed by atoms with E-state index >= 15 is 0 Å². The summed E-state index contributed by atoms with van der Waals surface area (Å²) in [5.41, 5.74) is 0.515. The third-order valence-corrected chi connectivity index (χ3v) is 4.15. The molecule has 0 spiro atoms. The zero-order chi connectivity index (χ0) is 20.1. The first kappa shape index (κ1) is 19.4. The summed E-state index contributed by atoms with van der Waals surface area (Å²) in [6.45, 7) is 2.38. The van der Waals surface area contributed by atoms with Crippen LogP contribution in [0.25, 0.3) is 0 Å². The maximum absolute atomic E-state index is 12.7. The van der Waals surface area contributed by atoms with Gasteiger partial charge in [-0.2, -0.15) is 10.2 Å². The van der Waals surface area contributed by atoms with Gasteiger partial charge in [-0.25, -0.2) is 9.48 Å². The second-order valence-electron chi connectivity index (χ2n) is 5.61. The molecule has 1 aromatic carbocycles. The van der Waals surface area contributed by atoms with Crippen molar-refractivity contribution >= 4 is 29.2 Å². The highest BCUT2D eigenvalue weighted by Crippen LogP contribution is 2.23. The lowest BCUT2D eigenvalue weighted by molar-refractivity contribution is 0.0594. The quantitative estimate of drug-likeness (QED) is 0.609. The number of carbonyl (C=O) groups excluding carboxylic acids is 2. The number of aromatic nitrogens is 4. The number of amides is 1. The molecule has 0 fully saturated rings. The minimum absolute atomic E-state index is 0.0163. The number of esters is 1. The fourth-order valence-corrected chi connectivity index (χ4v) is 2.62. The molecule has 146 valence electrons. The van der Waals surface area contributed by atoms with Gasteiger partial charge in [0.1, 0.15) is 11.4 Å². The molecule has 0 atom stereocenters. The molecule has 0 aliphatic rings. The average Bonchev–Trinajstić information content (AvgIpc) is 3.33. The smallest absolute Gasteiger partial charge is 0.360 e. The second-order valence-corrected chi connectivity index (χ2v) is 6.02. The van der Waals surface area contributed by atoms with Crippen molar-refractivity contribution in [2.24, 2.45) is 0 Å². The van der Waals surface area contributed by atoms with Crippen molar-refractivity contribution in [1.29, 1.82) is 0 Å². The zero-order valence-electron chi connectivity index (χ0n) is 15.3. The van der Waals surface area contributed by atoms with E-state index in [4.69, 9.17) is 21.1 Å². The van der Waals surface area contributed by atoms with Gasteiger partial charge in [0.05, 0.1) is 17.8 Å². The Morgan fingerprint density at radius 1 is 1.25 bits per heavy atom. The fourth-order valence-electron chi connectivity index (χ4n) is 2.43. The number of para-hydroxylation sites is 1. The number of carbonyl (C=O) groups is 2. The number of rotatable bonds is 7. The molecule has 0 aliphatic heterocycles. The van der Waals surface area contributed by atoms with E-state index in [9.17, 15) is 9.59 Å². The van der Waals surface area contributed by atoms with Crippen molar-refractivity contribution in [2.45, 2.75) is 20.2 Å². The van der Waals surface area contributed by atoms with Gasteiger partial charge in [-0.3, -0.25) is 9.48 Å². The third kappa shape index (κ3) is 4.15. The number of nitrogens with zero attached hydrogens (tertiary/aromatic N) is 4. The molecule has 28 heavy (non-hydrogen) atoms. The van der Waals surface area contributed by atoms with Gasteiger partial charge in [0.25, 0.3) is 5.91 Å². The highest BCUT2D eigenvalue weighted by Gasteiger charge is 2.21. The van der Waals surface area contributed by atoms with Crippen molar-refractivity contribution in [3.05, 3.63) is 59.1 Å². The summed E-state index contributed by atoms with van der Waals surface area (Å²) in [7, 11) is 1.25. The maximum Gasteiger partial charge on any atom is 0.360 e. The number of anilines is 1. The third-order valence-electron chi connectivity index (χ3n) is 3.84. The van der Waals surface area contributed by atoms with E-state index in [0.717, 1.165) is 0 Å². The molecule has 0 unspecified atom stereocenters. The highest BCUT2D eigenvalue weighted by molar-refractivity contribution is 6.32. The number of methoxy groups -OCH3 is 1. The van der Waals surface area contributed by atoms with Crippen LogP contribution in [0.3, 0.4) is 0 Å². The Kier molecular flexibility index (Phi) is 5.95. The van der Waals surface area contributed by atoms with Crippen LogP contribution in [0.4, 0.5) is 5.69 Å². The normalized spacial score (nSPS) is 10.5. The number of aryl methyl sites for hydroxylation is 1. The van der Waals surface area contributed by atoms with E-state index in [1.54, 1.807) is 30.5 Å². The molecule has 3 aromatic rings. The van der Waals surface area contributed by atoms with E-state index in [1.165, 1.54) is 28.7 Å². The van der Waals surface area contributed by atoms with Crippen molar-refractivity contribution < 1.29 is 19.1 Å². The van der Waals surface area contributed by atoms with E-state index in [1.807, 2.05) is 6.92 Å². The summed E-state index contributed by atoms with van der Waals surface area (Å²) in [6.07, 6.45) is 3.03. The molecule has 0 saturated heterocycles. The Labute approximate surface area is 165 Å². The van der Waals surface area contributed by atoms with Crippen LogP contribution in [0.1, 0.15) is 27.9 Å². The van der Waals surface area contributed by atoms with Gasteiger partial charge in [-0.1, -0.05) is 23.7 Å². The Morgan fingerprint density at radius 2 is 2.04 bits per heavy atom. The number of hydrogen-bond donors (Lipinski definition) is 1. The van der Waals surface area contributed by atoms with Crippen molar-refractivity contribution in [1.82, 2.24) is 19.6 Å². The molecule has 9 nitrogen and oxygen atoms in total. The van der Waals surface area contributed by atoms with E-state index in [2.05, 4.69) is 15.5 Å². The molecule has 0 aliphatic carbocycles. The number of benzene rings is 1. The summed E-state index contributed by atoms with van der Waals surface area (Å²) >= 11 is 6.06. The van der Waals surface area contributed by atoms with Crippen LogP contribution in [0.5, 0.6) is 5.75 Å². The molecular formula is C18H18ClN5O4. The molecule has 0 bridgehead atoms. The molecule has 3 rings (SSSR count). The molecule has 2 aromatic heterocycles. The van der Waals surface area contributed by atoms with Crippen LogP contribution in [-0.2, 0) is 18.0 Å². The summed E-state index contributed by atoms with van der Waals surface area (Å²) in [5, 5.41) is 11.3. The second kappa shape index (κ2) is 8.57. The fraction of sp³-hybridized carbons (Fsp3) is 0.222. The van der Waals surface area contributed by atoms with Crippen LogP contribution >= 0.6 is 11.6 Å². The Hall–Kier alpha value is -3.33. The Balaban J connectivity index is 1.76. The molecule has 2 heterocycles. The zero-order valence-corrected chi connectivity index (χ0v) is 16.0. The average molecular weight is 404 g/mol. The molecule has 0 radical (unpaired) electrons. The minimum atomic E-state index is -0.641. The lowest BCUT2D eigenvalue weighted by Gasteiger charge is -2.10. The van der Waals surface area contributed by atoms with Crippen LogP contribution < -0.4 is 10.1 Å². The molecule has 10 heteroatoms. The Morgan fingerprint density at radius 3 is 2.75 bits per heavy atom. The van der Waals surface area contributed by atoms with Gasteiger partial charge < -0.3 is 14.8 Å². The number of halogens is 1. The Bertz CT molecular complexity index is 998. The summed E-state index contributed by atoms with van der Waals surface area (Å²) < 4.78 is 13.2. The first-order valence-electron chi connectivity index (χ1n) is 8.39. The summed E-state index contributed by atoms with van der Waals surface area (Å²) in [6, 6.07) is 8.53. The highest BCUT2D eigenvalue weighted by atomic mass is 35.5. The largest absolute Gasteiger partial charge is 0.470 e. The van der Waals surface area contributed by atoms with Gasteiger partial charge in [0.15, 0.2) is 12.4 Å². The van der Waals surface area contributed by atoms with Crippen molar-refractivity contribution in [2.75, 3.05) is 12.4 Å². The van der Waals surface area contributed by atoms with Crippen molar-refractivity contribution in [3.8, 4) is 5.75 Å². The van der Waals surface area contributed by atoms with E-state index in [0.29, 0.717) is 17.3 Å². The lowest BCUT2D eigenvalue weighted by Crippen LogP contribution is -2.20. The SMILES string of the molecule is CCn1cc(NC(=O)c2ccnn2COc2ccccc2Cl)c(C(=O)OC)n1. The van der Waals surface area contributed by atoms with Crippen molar-refractivity contribution in [3.63, 3.8) is 0 Å². The maximum atomic E-state index is 12.7. The van der Waals surface area contributed by atoms with Crippen LogP contribution in [0.2, 0.25) is 5.02 Å². The molecule has 1 N–H and O–H groups in total. The summed E-state index contributed by atoms with van der Waals surface area (Å²) in [5.74, 6) is -0.637. The first-order valence-corrected chi connectivity index (χ1v) is 8.77. The minimum Gasteiger partial charge on any atom is -0.470 e. The monoisotopic (exact) mass is 403 g/mol. The van der Waals surface area contributed by atoms with Crippen LogP contribution in [0.15, 0.2) is 42.7 Å². The lowest BCUT2D eigenvalue weighted by atomic mass is 10.3. The first-order chi connectivity index (χ1) is 13.5. The van der Waals surface area contributed by atoms with E-state index in [-0.39, 0.29) is 23.8 Å². The van der Waals surface area contributed by atoms with Gasteiger partial charge in [0.2, 0.25) is 0 Å². The summed E-state index contributed by atoms with van der Waals surface area (Å²) in [4.78, 5) is 24.6. The molecule has 0 saturated carbocycles. The van der Waals surface area contributed by atoms with Gasteiger partial charge in [-0.05, 0) is 25.1 Å². The number of hydrogen-bond acceptors (Lipinski definition) is 6. The predicted molar refractivity (Wildman–Crippen MR) is 102 cm³/mol. The van der Waals surface area contributed by atoms with Gasteiger partial charge >= 0.3 is 5.97 Å². The standard InChI is InChI=1S/C18H18ClN5O4/c1-3-23-10-13(16(22-23)18(26)27-2)21-17(25)14-8-9-20-24(14)11-28-15-7-5-4-6-12(15)19/h4-10H,3,11H2,1-2H3,(H,21,25). The van der Waals surface area contributed by atoms with Crippen LogP contribution in [-0.4, -0.2) is 38.5 Å². The topological polar surface area (TPSA) is 100 Å². The number of nitrogens with one attached hydrogen (secondary N) is 1. The number of ether oxygens (including phenoxy) is 2. The van der Waals surface area contributed by atoms with Crippen LogP contribution in [0, 0.1) is 0 Å².